The third-order valence-electron chi connectivity index (χ3n) is 6.67. The van der Waals surface area contributed by atoms with E-state index in [1.54, 1.807) is 31.2 Å². The SMILES string of the molecule is CC(COc1cc(F)cc(F)c1)NC(=O)C1=Cc2ccccc2C(Cl)C1NC(=O)c1cc(C(F)(F)F)nn1-c1ncccc1Cl. The molecule has 2 amide bonds. The number of aromatic nitrogens is 3. The Hall–Kier alpha value is -4.49. The first kappa shape index (κ1) is 31.9. The van der Waals surface area contributed by atoms with Crippen LogP contribution in [0.3, 0.4) is 0 Å². The molecule has 1 aliphatic carbocycles. The van der Waals surface area contributed by atoms with Crippen LogP contribution >= 0.6 is 23.2 Å². The van der Waals surface area contributed by atoms with Crippen LogP contribution in [0, 0.1) is 11.6 Å². The maximum Gasteiger partial charge on any atom is 0.435 e. The zero-order valence-electron chi connectivity index (χ0n) is 23.1. The summed E-state index contributed by atoms with van der Waals surface area (Å²) < 4.78 is 74.1. The standard InChI is InChI=1S/C30H22Cl2F5N5O3/c1-15(14-45-19-11-17(33)10-18(34)12-19)39-28(43)21-9-16-5-2-3-6-20(16)25(32)26(21)40-29(44)23-13-24(30(35,36)37)41-42(23)27-22(31)7-4-8-38-27/h2-13,15,25-26H,14H2,1H3,(H,39,43)(H,40,44). The van der Waals surface area contributed by atoms with Crippen molar-refractivity contribution < 1.29 is 36.3 Å². The van der Waals surface area contributed by atoms with Gasteiger partial charge in [-0.2, -0.15) is 18.3 Å². The van der Waals surface area contributed by atoms with Crippen LogP contribution in [0.25, 0.3) is 11.9 Å². The molecule has 2 aromatic heterocycles. The van der Waals surface area contributed by atoms with Crippen molar-refractivity contribution in [2.75, 3.05) is 6.61 Å². The Kier molecular flexibility index (Phi) is 9.12. The minimum Gasteiger partial charge on any atom is -0.491 e. The summed E-state index contributed by atoms with van der Waals surface area (Å²) in [7, 11) is 0. The molecule has 5 rings (SSSR count). The van der Waals surface area contributed by atoms with Crippen LogP contribution in [0.4, 0.5) is 22.0 Å². The van der Waals surface area contributed by atoms with Gasteiger partial charge in [-0.05, 0) is 36.3 Å². The normalized spacial score (nSPS) is 16.8. The van der Waals surface area contributed by atoms with Gasteiger partial charge in [0.25, 0.3) is 5.91 Å². The number of hydrogen-bond donors (Lipinski definition) is 2. The molecule has 0 bridgehead atoms. The topological polar surface area (TPSA) is 98.1 Å². The van der Waals surface area contributed by atoms with Crippen molar-refractivity contribution in [3.63, 3.8) is 0 Å². The van der Waals surface area contributed by atoms with Crippen molar-refractivity contribution in [1.29, 1.82) is 0 Å². The second kappa shape index (κ2) is 12.9. The first-order valence-corrected chi connectivity index (χ1v) is 14.1. The molecular weight excluding hydrogens is 644 g/mol. The molecule has 15 heteroatoms. The monoisotopic (exact) mass is 665 g/mol. The maximum absolute atomic E-state index is 13.7. The smallest absolute Gasteiger partial charge is 0.435 e. The van der Waals surface area contributed by atoms with Gasteiger partial charge >= 0.3 is 6.18 Å². The molecule has 2 N–H and O–H groups in total. The van der Waals surface area contributed by atoms with Gasteiger partial charge in [0, 0.05) is 36.0 Å². The van der Waals surface area contributed by atoms with E-state index in [1.165, 1.54) is 24.4 Å². The summed E-state index contributed by atoms with van der Waals surface area (Å²) >= 11 is 12.9. The van der Waals surface area contributed by atoms with E-state index in [0.717, 1.165) is 12.1 Å². The van der Waals surface area contributed by atoms with Crippen molar-refractivity contribution >= 4 is 41.1 Å². The van der Waals surface area contributed by atoms with Gasteiger partial charge in [0.05, 0.1) is 22.5 Å². The molecular formula is C30H22Cl2F5N5O3. The number of fused-ring (bicyclic) bond motifs is 1. The quantitative estimate of drug-likeness (QED) is 0.171. The lowest BCUT2D eigenvalue weighted by Crippen LogP contribution is -2.47. The molecule has 2 aromatic carbocycles. The molecule has 0 aliphatic heterocycles. The lowest BCUT2D eigenvalue weighted by Gasteiger charge is -2.31. The average Bonchev–Trinajstić information content (AvgIpc) is 3.43. The highest BCUT2D eigenvalue weighted by Crippen LogP contribution is 2.37. The Labute approximate surface area is 262 Å². The Bertz CT molecular complexity index is 1780. The van der Waals surface area contributed by atoms with E-state index in [2.05, 4.69) is 20.7 Å². The van der Waals surface area contributed by atoms with Crippen molar-refractivity contribution in [3.8, 4) is 11.6 Å². The number of pyridine rings is 1. The number of rotatable bonds is 8. The number of ether oxygens (including phenoxy) is 1. The van der Waals surface area contributed by atoms with Crippen molar-refractivity contribution in [2.45, 2.75) is 30.6 Å². The van der Waals surface area contributed by atoms with Crippen LogP contribution in [0.5, 0.6) is 5.75 Å². The van der Waals surface area contributed by atoms with Gasteiger partial charge in [-0.15, -0.1) is 11.6 Å². The van der Waals surface area contributed by atoms with E-state index in [0.29, 0.717) is 27.9 Å². The second-order valence-electron chi connectivity index (χ2n) is 10.0. The number of benzene rings is 2. The van der Waals surface area contributed by atoms with Crippen LogP contribution in [0.1, 0.15) is 39.6 Å². The molecule has 8 nitrogen and oxygen atoms in total. The molecule has 2 heterocycles. The van der Waals surface area contributed by atoms with Gasteiger partial charge in [-0.25, -0.2) is 18.4 Å². The summed E-state index contributed by atoms with van der Waals surface area (Å²) in [6.45, 7) is 1.40. The highest BCUT2D eigenvalue weighted by molar-refractivity contribution is 6.32. The van der Waals surface area contributed by atoms with E-state index >= 15 is 0 Å². The zero-order chi connectivity index (χ0) is 32.5. The summed E-state index contributed by atoms with van der Waals surface area (Å²) in [6.07, 6.45) is -2.13. The summed E-state index contributed by atoms with van der Waals surface area (Å²) in [5.41, 5.74) is -0.802. The van der Waals surface area contributed by atoms with Gasteiger partial charge in [0.15, 0.2) is 11.5 Å². The van der Waals surface area contributed by atoms with Crippen molar-refractivity contribution in [2.24, 2.45) is 0 Å². The van der Waals surface area contributed by atoms with Crippen LogP contribution in [-0.4, -0.2) is 45.3 Å². The molecule has 4 aromatic rings. The number of alkyl halides is 4. The molecule has 3 atom stereocenters. The Morgan fingerprint density at radius 1 is 1.04 bits per heavy atom. The molecule has 234 valence electrons. The first-order chi connectivity index (χ1) is 21.3. The zero-order valence-corrected chi connectivity index (χ0v) is 24.6. The first-order valence-electron chi connectivity index (χ1n) is 13.2. The molecule has 0 fully saturated rings. The van der Waals surface area contributed by atoms with E-state index in [9.17, 15) is 31.5 Å². The molecule has 45 heavy (non-hydrogen) atoms. The highest BCUT2D eigenvalue weighted by atomic mass is 35.5. The molecule has 0 saturated heterocycles. The van der Waals surface area contributed by atoms with Crippen LogP contribution in [-0.2, 0) is 11.0 Å². The third-order valence-corrected chi connectivity index (χ3v) is 7.45. The predicted molar refractivity (Wildman–Crippen MR) is 155 cm³/mol. The molecule has 3 unspecified atom stereocenters. The molecule has 0 saturated carbocycles. The average molecular weight is 666 g/mol. The lowest BCUT2D eigenvalue weighted by molar-refractivity contribution is -0.141. The summed E-state index contributed by atoms with van der Waals surface area (Å²) in [4.78, 5) is 31.1. The number of nitrogens with zero attached hydrogens (tertiary/aromatic N) is 3. The van der Waals surface area contributed by atoms with E-state index < -0.39 is 58.5 Å². The predicted octanol–water partition coefficient (Wildman–Crippen LogP) is 6.28. The van der Waals surface area contributed by atoms with E-state index in [1.807, 2.05) is 0 Å². The van der Waals surface area contributed by atoms with Crippen LogP contribution in [0.2, 0.25) is 5.02 Å². The number of carbonyl (C=O) groups is 2. The third kappa shape index (κ3) is 7.10. The van der Waals surface area contributed by atoms with Crippen molar-refractivity contribution in [3.05, 3.63) is 112 Å². The summed E-state index contributed by atoms with van der Waals surface area (Å²) in [5.74, 6) is -3.72. The minimum atomic E-state index is -4.90. The van der Waals surface area contributed by atoms with Crippen molar-refractivity contribution in [1.82, 2.24) is 25.4 Å². The number of hydrogen-bond acceptors (Lipinski definition) is 5. The largest absolute Gasteiger partial charge is 0.491 e. The van der Waals surface area contributed by atoms with Gasteiger partial charge in [0.1, 0.15) is 29.7 Å². The van der Waals surface area contributed by atoms with Crippen LogP contribution < -0.4 is 15.4 Å². The number of amides is 2. The van der Waals surface area contributed by atoms with Gasteiger partial charge in [-0.3, -0.25) is 9.59 Å². The van der Waals surface area contributed by atoms with E-state index in [4.69, 9.17) is 27.9 Å². The maximum atomic E-state index is 13.7. The van der Waals surface area contributed by atoms with Crippen LogP contribution in [0.15, 0.2) is 72.4 Å². The van der Waals surface area contributed by atoms with E-state index in [-0.39, 0.29) is 28.8 Å². The fraction of sp³-hybridized carbons (Fsp3) is 0.200. The summed E-state index contributed by atoms with van der Waals surface area (Å²) in [6, 6.07) is 10.9. The van der Waals surface area contributed by atoms with Gasteiger partial charge in [0.2, 0.25) is 5.91 Å². The molecule has 0 spiro atoms. The lowest BCUT2D eigenvalue weighted by atomic mass is 9.87. The number of halogens is 7. The molecule has 1 aliphatic rings. The Morgan fingerprint density at radius 2 is 1.76 bits per heavy atom. The Morgan fingerprint density at radius 3 is 2.44 bits per heavy atom. The Balaban J connectivity index is 1.43. The second-order valence-corrected chi connectivity index (χ2v) is 10.9. The number of nitrogens with one attached hydrogen (secondary N) is 2. The highest BCUT2D eigenvalue weighted by Gasteiger charge is 2.39. The van der Waals surface area contributed by atoms with Gasteiger partial charge in [-0.1, -0.05) is 35.9 Å². The minimum absolute atomic E-state index is 0.0105. The fourth-order valence-corrected chi connectivity index (χ4v) is 5.22. The fourth-order valence-electron chi connectivity index (χ4n) is 4.62. The van der Waals surface area contributed by atoms with Gasteiger partial charge < -0.3 is 15.4 Å². The number of carbonyl (C=O) groups excluding carboxylic acids is 2. The summed E-state index contributed by atoms with van der Waals surface area (Å²) in [5, 5.41) is 7.71. The molecule has 0 radical (unpaired) electrons.